The lowest BCUT2D eigenvalue weighted by Gasteiger charge is -2.34. The fourth-order valence-corrected chi connectivity index (χ4v) is 4.00. The molecule has 1 aromatic heterocycles. The fourth-order valence-electron chi connectivity index (χ4n) is 4.00. The Morgan fingerprint density at radius 2 is 1.59 bits per heavy atom. The Labute approximate surface area is 186 Å². The second-order valence-corrected chi connectivity index (χ2v) is 8.03. The number of furan rings is 1. The third-order valence-corrected chi connectivity index (χ3v) is 5.76. The van der Waals surface area contributed by atoms with Gasteiger partial charge in [0.15, 0.2) is 0 Å². The molecule has 7 heteroatoms. The molecular formula is C25H27F3N2O2. The Hall–Kier alpha value is -2.61. The molecule has 1 atom stereocenters. The lowest BCUT2D eigenvalue weighted by Crippen LogP contribution is -2.46. The Morgan fingerprint density at radius 1 is 0.875 bits per heavy atom. The molecule has 4 rings (SSSR count). The smallest absolute Gasteiger partial charge is 0.416 e. The standard InChI is InChI=1S/C25H27F3N2O2/c26-25(27,28)23-8-4-7-22(17-23)24(21-5-2-1-3-6-21)32-16-14-29-10-12-30(13-11-29)18-20-9-15-31-19-20/h1-9,15,17,19,24H,10-14,16,18H2. The highest BCUT2D eigenvalue weighted by Gasteiger charge is 2.31. The van der Waals surface area contributed by atoms with Crippen molar-refractivity contribution in [1.29, 1.82) is 0 Å². The van der Waals surface area contributed by atoms with Crippen LogP contribution in [0.5, 0.6) is 0 Å². The van der Waals surface area contributed by atoms with Gasteiger partial charge in [-0.2, -0.15) is 13.2 Å². The minimum Gasteiger partial charge on any atom is -0.472 e. The van der Waals surface area contributed by atoms with E-state index >= 15 is 0 Å². The van der Waals surface area contributed by atoms with Gasteiger partial charge >= 0.3 is 6.18 Å². The van der Waals surface area contributed by atoms with Crippen LogP contribution in [-0.4, -0.2) is 49.1 Å². The maximum absolute atomic E-state index is 13.2. The number of ether oxygens (including phenoxy) is 1. The molecule has 0 amide bonds. The molecule has 0 aliphatic carbocycles. The van der Waals surface area contributed by atoms with Crippen LogP contribution < -0.4 is 0 Å². The Balaban J connectivity index is 1.35. The number of benzene rings is 2. The van der Waals surface area contributed by atoms with Crippen LogP contribution in [0.15, 0.2) is 77.6 Å². The van der Waals surface area contributed by atoms with Crippen molar-refractivity contribution in [2.45, 2.75) is 18.8 Å². The van der Waals surface area contributed by atoms with E-state index < -0.39 is 17.8 Å². The summed E-state index contributed by atoms with van der Waals surface area (Å²) in [5, 5.41) is 0. The average Bonchev–Trinajstić information content (AvgIpc) is 3.31. The second kappa shape index (κ2) is 10.3. The van der Waals surface area contributed by atoms with Crippen LogP contribution in [0.1, 0.15) is 28.4 Å². The van der Waals surface area contributed by atoms with E-state index in [0.29, 0.717) is 12.2 Å². The van der Waals surface area contributed by atoms with E-state index in [0.717, 1.165) is 50.9 Å². The minimum atomic E-state index is -4.38. The van der Waals surface area contributed by atoms with E-state index in [2.05, 4.69) is 9.80 Å². The number of alkyl halides is 3. The van der Waals surface area contributed by atoms with Crippen LogP contribution in [0, 0.1) is 0 Å². The molecule has 4 nitrogen and oxygen atoms in total. The van der Waals surface area contributed by atoms with Crippen molar-refractivity contribution in [3.63, 3.8) is 0 Å². The number of piperazine rings is 1. The molecule has 32 heavy (non-hydrogen) atoms. The van der Waals surface area contributed by atoms with Crippen LogP contribution in [-0.2, 0) is 17.5 Å². The van der Waals surface area contributed by atoms with Gasteiger partial charge in [-0.25, -0.2) is 0 Å². The molecule has 0 saturated carbocycles. The molecule has 1 fully saturated rings. The molecule has 3 aromatic rings. The third kappa shape index (κ3) is 6.00. The van der Waals surface area contributed by atoms with Gasteiger partial charge in [-0.3, -0.25) is 9.80 Å². The maximum Gasteiger partial charge on any atom is 0.416 e. The first-order chi connectivity index (χ1) is 15.5. The topological polar surface area (TPSA) is 28.9 Å². The summed E-state index contributed by atoms with van der Waals surface area (Å²) in [5.74, 6) is 0. The zero-order valence-electron chi connectivity index (χ0n) is 17.8. The first-order valence-corrected chi connectivity index (χ1v) is 10.8. The number of rotatable bonds is 8. The van der Waals surface area contributed by atoms with Gasteiger partial charge in [-0.1, -0.05) is 42.5 Å². The van der Waals surface area contributed by atoms with Gasteiger partial charge in [0.1, 0.15) is 6.10 Å². The van der Waals surface area contributed by atoms with Crippen LogP contribution >= 0.6 is 0 Å². The quantitative estimate of drug-likeness (QED) is 0.476. The lowest BCUT2D eigenvalue weighted by molar-refractivity contribution is -0.137. The monoisotopic (exact) mass is 444 g/mol. The highest BCUT2D eigenvalue weighted by Crippen LogP contribution is 2.33. The van der Waals surface area contributed by atoms with Crippen molar-refractivity contribution >= 4 is 0 Å². The molecule has 0 N–H and O–H groups in total. The summed E-state index contributed by atoms with van der Waals surface area (Å²) >= 11 is 0. The molecule has 0 bridgehead atoms. The molecule has 0 radical (unpaired) electrons. The first kappa shape index (κ1) is 22.6. The normalized spacial score (nSPS) is 16.8. The fraction of sp³-hybridized carbons (Fsp3) is 0.360. The zero-order valence-corrected chi connectivity index (χ0v) is 17.8. The van der Waals surface area contributed by atoms with Gasteiger partial charge < -0.3 is 9.15 Å². The summed E-state index contributed by atoms with van der Waals surface area (Å²) in [5.41, 5.74) is 1.87. The molecule has 1 aliphatic rings. The zero-order chi connectivity index (χ0) is 22.4. The number of hydrogen-bond donors (Lipinski definition) is 0. The van der Waals surface area contributed by atoms with Crippen molar-refractivity contribution < 1.29 is 22.3 Å². The SMILES string of the molecule is FC(F)(F)c1cccc(C(OCCN2CCN(Cc3ccoc3)CC2)c2ccccc2)c1. The lowest BCUT2D eigenvalue weighted by atomic mass is 9.99. The minimum absolute atomic E-state index is 0.442. The van der Waals surface area contributed by atoms with E-state index in [1.165, 1.54) is 17.7 Å². The number of nitrogens with zero attached hydrogens (tertiary/aromatic N) is 2. The molecule has 2 aromatic carbocycles. The Morgan fingerprint density at radius 3 is 2.28 bits per heavy atom. The van der Waals surface area contributed by atoms with Crippen LogP contribution in [0.25, 0.3) is 0 Å². The molecule has 0 spiro atoms. The van der Waals surface area contributed by atoms with Crippen molar-refractivity contribution in [2.75, 3.05) is 39.3 Å². The van der Waals surface area contributed by atoms with Gasteiger partial charge in [-0.15, -0.1) is 0 Å². The van der Waals surface area contributed by atoms with Gasteiger partial charge in [0.2, 0.25) is 0 Å². The van der Waals surface area contributed by atoms with Gasteiger partial charge in [0.25, 0.3) is 0 Å². The van der Waals surface area contributed by atoms with Gasteiger partial charge in [0.05, 0.1) is 24.7 Å². The Kier molecular flexibility index (Phi) is 7.29. The summed E-state index contributed by atoms with van der Waals surface area (Å²) in [4.78, 5) is 4.72. The Bertz CT molecular complexity index is 953. The molecule has 1 aliphatic heterocycles. The van der Waals surface area contributed by atoms with E-state index in [-0.39, 0.29) is 0 Å². The largest absolute Gasteiger partial charge is 0.472 e. The van der Waals surface area contributed by atoms with Crippen molar-refractivity contribution in [1.82, 2.24) is 9.80 Å². The van der Waals surface area contributed by atoms with Gasteiger partial charge in [-0.05, 0) is 29.3 Å². The van der Waals surface area contributed by atoms with E-state index in [1.54, 1.807) is 18.6 Å². The van der Waals surface area contributed by atoms with Crippen molar-refractivity contribution in [3.8, 4) is 0 Å². The second-order valence-electron chi connectivity index (χ2n) is 8.03. The predicted octanol–water partition coefficient (Wildman–Crippen LogP) is 5.22. The van der Waals surface area contributed by atoms with Crippen LogP contribution in [0.3, 0.4) is 0 Å². The predicted molar refractivity (Wildman–Crippen MR) is 116 cm³/mol. The number of halogens is 3. The summed E-state index contributed by atoms with van der Waals surface area (Å²) < 4.78 is 51.0. The summed E-state index contributed by atoms with van der Waals surface area (Å²) in [7, 11) is 0. The molecule has 2 heterocycles. The summed E-state index contributed by atoms with van der Waals surface area (Å²) in [6.07, 6.45) is -1.46. The molecule has 1 unspecified atom stereocenters. The van der Waals surface area contributed by atoms with E-state index in [9.17, 15) is 13.2 Å². The van der Waals surface area contributed by atoms with Crippen LogP contribution in [0.4, 0.5) is 13.2 Å². The molecule has 1 saturated heterocycles. The summed E-state index contributed by atoms with van der Waals surface area (Å²) in [6, 6.07) is 16.8. The van der Waals surface area contributed by atoms with Gasteiger partial charge in [0, 0.05) is 44.8 Å². The van der Waals surface area contributed by atoms with Crippen molar-refractivity contribution in [2.24, 2.45) is 0 Å². The molecule has 170 valence electrons. The van der Waals surface area contributed by atoms with E-state index in [1.807, 2.05) is 36.4 Å². The highest BCUT2D eigenvalue weighted by molar-refractivity contribution is 5.34. The molecular weight excluding hydrogens is 417 g/mol. The summed E-state index contributed by atoms with van der Waals surface area (Å²) in [6.45, 7) is 5.84. The third-order valence-electron chi connectivity index (χ3n) is 5.76. The average molecular weight is 444 g/mol. The maximum atomic E-state index is 13.2. The first-order valence-electron chi connectivity index (χ1n) is 10.8. The van der Waals surface area contributed by atoms with Crippen molar-refractivity contribution in [3.05, 3.63) is 95.4 Å². The van der Waals surface area contributed by atoms with Crippen LogP contribution in [0.2, 0.25) is 0 Å². The highest BCUT2D eigenvalue weighted by atomic mass is 19.4. The van der Waals surface area contributed by atoms with E-state index in [4.69, 9.17) is 9.15 Å². The number of hydrogen-bond acceptors (Lipinski definition) is 4.